The molecule has 7 heteroatoms. The summed E-state index contributed by atoms with van der Waals surface area (Å²) in [6.45, 7) is 9.76. The Morgan fingerprint density at radius 1 is 1.26 bits per heavy atom. The number of hydrogen-bond acceptors (Lipinski definition) is 4. The smallest absolute Gasteiger partial charge is 0.317 e. The third-order valence-corrected chi connectivity index (χ3v) is 6.01. The number of urea groups is 1. The van der Waals surface area contributed by atoms with Crippen LogP contribution < -0.4 is 15.0 Å². The first-order valence-corrected chi connectivity index (χ1v) is 10.3. The highest BCUT2D eigenvalue weighted by atomic mass is 35.5. The number of nitrogens with zero attached hydrogens (tertiary/aromatic N) is 3. The molecule has 1 aromatic rings. The molecule has 2 aliphatic heterocycles. The molecule has 6 nitrogen and oxygen atoms in total. The van der Waals surface area contributed by atoms with Crippen molar-refractivity contribution >= 4 is 23.3 Å². The van der Waals surface area contributed by atoms with Crippen LogP contribution in [-0.2, 0) is 0 Å². The molecule has 2 aliphatic rings. The molecular formula is C20H31ClN4O2. The summed E-state index contributed by atoms with van der Waals surface area (Å²) < 4.78 is 5.47. The number of methoxy groups -OCH3 is 1. The van der Waals surface area contributed by atoms with E-state index in [0.29, 0.717) is 11.1 Å². The molecular weight excluding hydrogens is 364 g/mol. The van der Waals surface area contributed by atoms with Gasteiger partial charge in [0.1, 0.15) is 5.75 Å². The molecule has 1 aromatic carbocycles. The van der Waals surface area contributed by atoms with Crippen molar-refractivity contribution in [2.75, 3.05) is 51.3 Å². The second-order valence-electron chi connectivity index (χ2n) is 7.31. The SMILES string of the molecule is CCN(CC)C1CCN(C(=O)NC2CCN(c3cc(Cl)ccc3OC)C2)C1. The Balaban J connectivity index is 1.54. The fourth-order valence-corrected chi connectivity index (χ4v) is 4.40. The van der Waals surface area contributed by atoms with Gasteiger partial charge in [-0.05, 0) is 44.1 Å². The fourth-order valence-electron chi connectivity index (χ4n) is 4.24. The van der Waals surface area contributed by atoms with Crippen LogP contribution >= 0.6 is 11.6 Å². The Kier molecular flexibility index (Phi) is 6.71. The average molecular weight is 395 g/mol. The van der Waals surface area contributed by atoms with Gasteiger partial charge in [0.2, 0.25) is 0 Å². The Morgan fingerprint density at radius 2 is 2.04 bits per heavy atom. The molecule has 0 aromatic heterocycles. The molecule has 0 radical (unpaired) electrons. The van der Waals surface area contributed by atoms with Gasteiger partial charge in [0.05, 0.1) is 12.8 Å². The van der Waals surface area contributed by atoms with Crippen molar-refractivity contribution in [1.29, 1.82) is 0 Å². The highest BCUT2D eigenvalue weighted by Crippen LogP contribution is 2.33. The first-order chi connectivity index (χ1) is 13.0. The number of amides is 2. The van der Waals surface area contributed by atoms with Crippen LogP contribution in [0.2, 0.25) is 5.02 Å². The van der Waals surface area contributed by atoms with Gasteiger partial charge in [-0.1, -0.05) is 25.4 Å². The third-order valence-electron chi connectivity index (χ3n) is 5.78. The van der Waals surface area contributed by atoms with Crippen molar-refractivity contribution < 1.29 is 9.53 Å². The van der Waals surface area contributed by atoms with Gasteiger partial charge in [-0.3, -0.25) is 4.90 Å². The maximum absolute atomic E-state index is 12.7. The number of ether oxygens (including phenoxy) is 1. The van der Waals surface area contributed by atoms with Gasteiger partial charge in [-0.15, -0.1) is 0 Å². The summed E-state index contributed by atoms with van der Waals surface area (Å²) in [5.41, 5.74) is 0.990. The minimum Gasteiger partial charge on any atom is -0.495 e. The van der Waals surface area contributed by atoms with E-state index < -0.39 is 0 Å². The molecule has 1 N–H and O–H groups in total. The lowest BCUT2D eigenvalue weighted by Crippen LogP contribution is -2.46. The van der Waals surface area contributed by atoms with Crippen LogP contribution in [0.1, 0.15) is 26.7 Å². The molecule has 2 heterocycles. The number of carbonyl (C=O) groups is 1. The Bertz CT molecular complexity index is 653. The van der Waals surface area contributed by atoms with Crippen molar-refractivity contribution in [3.63, 3.8) is 0 Å². The molecule has 2 unspecified atom stereocenters. The maximum Gasteiger partial charge on any atom is 0.317 e. The lowest BCUT2D eigenvalue weighted by atomic mass is 10.2. The number of rotatable bonds is 6. The topological polar surface area (TPSA) is 48.0 Å². The monoisotopic (exact) mass is 394 g/mol. The number of nitrogens with one attached hydrogen (secondary N) is 1. The molecule has 0 aliphatic carbocycles. The number of halogens is 1. The summed E-state index contributed by atoms with van der Waals surface area (Å²) >= 11 is 6.16. The zero-order chi connectivity index (χ0) is 19.4. The van der Waals surface area contributed by atoms with E-state index >= 15 is 0 Å². The van der Waals surface area contributed by atoms with E-state index in [9.17, 15) is 4.79 Å². The Labute approximate surface area is 167 Å². The van der Waals surface area contributed by atoms with Crippen molar-refractivity contribution in [1.82, 2.24) is 15.1 Å². The number of anilines is 1. The molecule has 2 fully saturated rings. The molecule has 0 spiro atoms. The Hall–Kier alpha value is -1.66. The van der Waals surface area contributed by atoms with Gasteiger partial charge in [0, 0.05) is 43.3 Å². The number of carbonyl (C=O) groups excluding carboxylic acids is 1. The number of hydrogen-bond donors (Lipinski definition) is 1. The van der Waals surface area contributed by atoms with Crippen molar-refractivity contribution in [2.24, 2.45) is 0 Å². The summed E-state index contributed by atoms with van der Waals surface area (Å²) in [5.74, 6) is 0.813. The fraction of sp³-hybridized carbons (Fsp3) is 0.650. The minimum absolute atomic E-state index is 0.0644. The van der Waals surface area contributed by atoms with Gasteiger partial charge in [0.25, 0.3) is 0 Å². The molecule has 2 atom stereocenters. The number of likely N-dealkylation sites (N-methyl/N-ethyl adjacent to an activating group) is 1. The van der Waals surface area contributed by atoms with Gasteiger partial charge in [0.15, 0.2) is 0 Å². The van der Waals surface area contributed by atoms with E-state index in [1.54, 1.807) is 7.11 Å². The zero-order valence-corrected chi connectivity index (χ0v) is 17.3. The highest BCUT2D eigenvalue weighted by Gasteiger charge is 2.32. The minimum atomic E-state index is 0.0644. The van der Waals surface area contributed by atoms with E-state index in [-0.39, 0.29) is 12.1 Å². The normalized spacial score (nSPS) is 22.6. The average Bonchev–Trinajstić information content (AvgIpc) is 3.33. The first-order valence-electron chi connectivity index (χ1n) is 9.93. The molecule has 150 valence electrons. The lowest BCUT2D eigenvalue weighted by molar-refractivity contribution is 0.190. The van der Waals surface area contributed by atoms with E-state index in [0.717, 1.165) is 63.5 Å². The summed E-state index contributed by atoms with van der Waals surface area (Å²) in [5, 5.41) is 3.91. The van der Waals surface area contributed by atoms with Crippen LogP contribution in [0.3, 0.4) is 0 Å². The molecule has 0 bridgehead atoms. The molecule has 0 saturated carbocycles. The first kappa shape index (κ1) is 20.1. The van der Waals surface area contributed by atoms with Crippen molar-refractivity contribution in [3.05, 3.63) is 23.2 Å². The quantitative estimate of drug-likeness (QED) is 0.805. The largest absolute Gasteiger partial charge is 0.495 e. The second-order valence-corrected chi connectivity index (χ2v) is 7.74. The standard InChI is InChI=1S/C20H31ClN4O2/c1-4-23(5-2)17-9-11-25(14-17)20(26)22-16-8-10-24(13-16)18-12-15(21)6-7-19(18)27-3/h6-7,12,16-17H,4-5,8-11,13-14H2,1-3H3,(H,22,26). The predicted molar refractivity (Wildman–Crippen MR) is 110 cm³/mol. The number of likely N-dealkylation sites (tertiary alicyclic amines) is 1. The zero-order valence-electron chi connectivity index (χ0n) is 16.6. The predicted octanol–water partition coefficient (Wildman–Crippen LogP) is 3.05. The van der Waals surface area contributed by atoms with Crippen LogP contribution in [0.4, 0.5) is 10.5 Å². The summed E-state index contributed by atoms with van der Waals surface area (Å²) in [6, 6.07) is 6.35. The third kappa shape index (κ3) is 4.61. The van der Waals surface area contributed by atoms with E-state index in [4.69, 9.17) is 16.3 Å². The van der Waals surface area contributed by atoms with Gasteiger partial charge < -0.3 is 19.9 Å². The lowest BCUT2D eigenvalue weighted by Gasteiger charge is -2.26. The molecule has 2 saturated heterocycles. The molecule has 3 rings (SSSR count). The van der Waals surface area contributed by atoms with Crippen LogP contribution in [-0.4, -0.2) is 74.3 Å². The highest BCUT2D eigenvalue weighted by molar-refractivity contribution is 6.30. The summed E-state index contributed by atoms with van der Waals surface area (Å²) in [7, 11) is 1.67. The van der Waals surface area contributed by atoms with E-state index in [1.807, 2.05) is 23.1 Å². The van der Waals surface area contributed by atoms with Crippen molar-refractivity contribution in [3.8, 4) is 5.75 Å². The second kappa shape index (κ2) is 9.02. The van der Waals surface area contributed by atoms with E-state index in [2.05, 4.69) is 29.0 Å². The molecule has 27 heavy (non-hydrogen) atoms. The van der Waals surface area contributed by atoms with Gasteiger partial charge in [-0.25, -0.2) is 4.79 Å². The summed E-state index contributed by atoms with van der Waals surface area (Å²) in [6.07, 6.45) is 1.99. The molecule has 2 amide bonds. The number of benzene rings is 1. The van der Waals surface area contributed by atoms with Crippen molar-refractivity contribution in [2.45, 2.75) is 38.8 Å². The van der Waals surface area contributed by atoms with Crippen LogP contribution in [0, 0.1) is 0 Å². The van der Waals surface area contributed by atoms with Crippen LogP contribution in [0.5, 0.6) is 5.75 Å². The van der Waals surface area contributed by atoms with Crippen LogP contribution in [0.15, 0.2) is 18.2 Å². The van der Waals surface area contributed by atoms with Crippen LogP contribution in [0.25, 0.3) is 0 Å². The van der Waals surface area contributed by atoms with Gasteiger partial charge >= 0.3 is 6.03 Å². The maximum atomic E-state index is 12.7. The Morgan fingerprint density at radius 3 is 2.74 bits per heavy atom. The van der Waals surface area contributed by atoms with E-state index in [1.165, 1.54) is 0 Å². The van der Waals surface area contributed by atoms with Gasteiger partial charge in [-0.2, -0.15) is 0 Å². The summed E-state index contributed by atoms with van der Waals surface area (Å²) in [4.78, 5) is 19.3.